The second-order valence-corrected chi connectivity index (χ2v) is 10.4. The lowest BCUT2D eigenvalue weighted by Gasteiger charge is -2.39. The summed E-state index contributed by atoms with van der Waals surface area (Å²) in [5.74, 6) is 0.927. The zero-order valence-electron chi connectivity index (χ0n) is 17.1. The molecule has 2 rings (SSSR count). The molecule has 156 valence electrons. The van der Waals surface area contributed by atoms with Gasteiger partial charge in [-0.3, -0.25) is 9.67 Å². The summed E-state index contributed by atoms with van der Waals surface area (Å²) in [6.07, 6.45) is 3.87. The van der Waals surface area contributed by atoms with E-state index in [4.69, 9.17) is 4.99 Å². The van der Waals surface area contributed by atoms with E-state index in [0.29, 0.717) is 19.6 Å². The number of likely N-dealkylation sites (N-methyl/N-ethyl adjacent to an activating group) is 1. The maximum Gasteiger partial charge on any atom is 0.194 e. The Morgan fingerprint density at radius 2 is 2.11 bits per heavy atom. The topological polar surface area (TPSA) is 82.8 Å². The second-order valence-electron chi connectivity index (χ2n) is 7.62. The highest BCUT2D eigenvalue weighted by atomic mass is 127. The van der Waals surface area contributed by atoms with Crippen LogP contribution in [0.2, 0.25) is 0 Å². The van der Waals surface area contributed by atoms with Crippen LogP contribution in [0.3, 0.4) is 0 Å². The van der Waals surface area contributed by atoms with E-state index in [9.17, 15) is 8.42 Å². The molecule has 1 aromatic rings. The van der Waals surface area contributed by atoms with E-state index in [1.54, 1.807) is 18.5 Å². The highest BCUT2D eigenvalue weighted by Crippen LogP contribution is 2.24. The Hall–Kier alpha value is -0.880. The SMILES string of the molecule is CCNC(=NCC(c1cnn(C)c1)N(C)C)N1CCS(=O)(=O)C(C)(C)C1.I. The van der Waals surface area contributed by atoms with Gasteiger partial charge in [-0.15, -0.1) is 24.0 Å². The Labute approximate surface area is 180 Å². The third-order valence-electron chi connectivity index (χ3n) is 4.82. The van der Waals surface area contributed by atoms with Crippen LogP contribution in [-0.4, -0.2) is 84.7 Å². The molecule has 2 heterocycles. The minimum atomic E-state index is -3.07. The molecule has 0 amide bonds. The van der Waals surface area contributed by atoms with E-state index in [-0.39, 0.29) is 35.8 Å². The molecule has 0 aliphatic carbocycles. The molecule has 0 spiro atoms. The van der Waals surface area contributed by atoms with Crippen molar-refractivity contribution in [3.63, 3.8) is 0 Å². The van der Waals surface area contributed by atoms with Gasteiger partial charge in [-0.2, -0.15) is 5.10 Å². The third-order valence-corrected chi connectivity index (χ3v) is 7.36. The van der Waals surface area contributed by atoms with Crippen LogP contribution in [0.15, 0.2) is 17.4 Å². The third kappa shape index (κ3) is 5.80. The summed E-state index contributed by atoms with van der Waals surface area (Å²) < 4.78 is 25.6. The van der Waals surface area contributed by atoms with Gasteiger partial charge in [0.25, 0.3) is 0 Å². The summed E-state index contributed by atoms with van der Waals surface area (Å²) in [4.78, 5) is 8.99. The Bertz CT molecular complexity index is 744. The van der Waals surface area contributed by atoms with Crippen molar-refractivity contribution >= 4 is 39.8 Å². The van der Waals surface area contributed by atoms with Crippen LogP contribution in [0.1, 0.15) is 32.4 Å². The number of guanidine groups is 1. The Balaban J connectivity index is 0.00000364. The maximum absolute atomic E-state index is 12.3. The summed E-state index contributed by atoms with van der Waals surface area (Å²) in [5, 5.41) is 7.57. The molecule has 1 N–H and O–H groups in total. The summed E-state index contributed by atoms with van der Waals surface area (Å²) >= 11 is 0. The lowest BCUT2D eigenvalue weighted by Crippen LogP contribution is -2.57. The number of aromatic nitrogens is 2. The van der Waals surface area contributed by atoms with E-state index < -0.39 is 14.6 Å². The fraction of sp³-hybridized carbons (Fsp3) is 0.765. The van der Waals surface area contributed by atoms with Gasteiger partial charge >= 0.3 is 0 Å². The summed E-state index contributed by atoms with van der Waals surface area (Å²) in [6.45, 7) is 7.82. The molecule has 0 aromatic carbocycles. The first-order valence-electron chi connectivity index (χ1n) is 8.98. The molecule has 0 radical (unpaired) electrons. The number of rotatable bonds is 5. The predicted octanol–water partition coefficient (Wildman–Crippen LogP) is 1.12. The number of hydrogen-bond acceptors (Lipinski definition) is 5. The van der Waals surface area contributed by atoms with Gasteiger partial charge in [0.05, 0.1) is 29.3 Å². The second kappa shape index (κ2) is 9.55. The molecule has 1 atom stereocenters. The molecule has 8 nitrogen and oxygen atoms in total. The number of nitrogens with one attached hydrogen (secondary N) is 1. The van der Waals surface area contributed by atoms with Crippen molar-refractivity contribution in [3.8, 4) is 0 Å². The number of aryl methyl sites for hydroxylation is 1. The zero-order valence-corrected chi connectivity index (χ0v) is 20.3. The molecular weight excluding hydrogens is 479 g/mol. The Morgan fingerprint density at radius 3 is 2.59 bits per heavy atom. The van der Waals surface area contributed by atoms with Crippen LogP contribution in [0, 0.1) is 0 Å². The van der Waals surface area contributed by atoms with Crippen molar-refractivity contribution in [1.29, 1.82) is 0 Å². The van der Waals surface area contributed by atoms with E-state index in [2.05, 4.69) is 20.2 Å². The smallest absolute Gasteiger partial charge is 0.194 e. The van der Waals surface area contributed by atoms with E-state index in [0.717, 1.165) is 18.1 Å². The van der Waals surface area contributed by atoms with Gasteiger partial charge in [-0.25, -0.2) is 8.42 Å². The molecular formula is C17H33IN6O2S. The summed E-state index contributed by atoms with van der Waals surface area (Å²) in [5.41, 5.74) is 1.11. The van der Waals surface area contributed by atoms with Gasteiger partial charge in [0.2, 0.25) is 0 Å². The number of halogens is 1. The van der Waals surface area contributed by atoms with Crippen molar-refractivity contribution in [2.24, 2.45) is 12.0 Å². The highest BCUT2D eigenvalue weighted by Gasteiger charge is 2.41. The first-order chi connectivity index (χ1) is 12.1. The largest absolute Gasteiger partial charge is 0.357 e. The lowest BCUT2D eigenvalue weighted by atomic mass is 10.1. The Kier molecular flexibility index (Phi) is 8.54. The fourth-order valence-corrected chi connectivity index (χ4v) is 4.47. The fourth-order valence-electron chi connectivity index (χ4n) is 3.10. The predicted molar refractivity (Wildman–Crippen MR) is 120 cm³/mol. The van der Waals surface area contributed by atoms with Crippen LogP contribution >= 0.6 is 24.0 Å². The van der Waals surface area contributed by atoms with E-state index >= 15 is 0 Å². The molecule has 0 bridgehead atoms. The molecule has 1 unspecified atom stereocenters. The molecule has 1 saturated heterocycles. The van der Waals surface area contributed by atoms with E-state index in [1.165, 1.54) is 0 Å². The standard InChI is InChI=1S/C17H32N6O2S.HI/c1-7-18-16(23-8-9-26(24,25)17(2,3)13-23)19-11-15(21(4)5)14-10-20-22(6)12-14;/h10,12,15H,7-9,11,13H2,1-6H3,(H,18,19);1H. The maximum atomic E-state index is 12.3. The van der Waals surface area contributed by atoms with Crippen molar-refractivity contribution in [3.05, 3.63) is 18.0 Å². The molecule has 1 aliphatic heterocycles. The van der Waals surface area contributed by atoms with Crippen LogP contribution in [0.4, 0.5) is 0 Å². The first kappa shape index (κ1) is 24.2. The van der Waals surface area contributed by atoms with Gasteiger partial charge < -0.3 is 15.1 Å². The van der Waals surface area contributed by atoms with Gasteiger partial charge in [-0.05, 0) is 34.9 Å². The quantitative estimate of drug-likeness (QED) is 0.362. The Morgan fingerprint density at radius 1 is 1.44 bits per heavy atom. The average Bonchev–Trinajstić information content (AvgIpc) is 2.95. The lowest BCUT2D eigenvalue weighted by molar-refractivity contribution is 0.302. The van der Waals surface area contributed by atoms with Crippen molar-refractivity contribution in [2.45, 2.75) is 31.6 Å². The molecule has 1 aliphatic rings. The van der Waals surface area contributed by atoms with Crippen LogP contribution in [-0.2, 0) is 16.9 Å². The summed E-state index contributed by atoms with van der Waals surface area (Å²) in [7, 11) is 2.88. The number of sulfone groups is 1. The van der Waals surface area contributed by atoms with Gasteiger partial charge in [0, 0.05) is 38.4 Å². The van der Waals surface area contributed by atoms with Crippen LogP contribution in [0.5, 0.6) is 0 Å². The molecule has 1 aromatic heterocycles. The van der Waals surface area contributed by atoms with Gasteiger partial charge in [0.1, 0.15) is 0 Å². The van der Waals surface area contributed by atoms with E-state index in [1.807, 2.05) is 40.5 Å². The first-order valence-corrected chi connectivity index (χ1v) is 10.6. The number of aliphatic imine (C=N–C) groups is 1. The van der Waals surface area contributed by atoms with Crippen molar-refractivity contribution in [1.82, 2.24) is 24.9 Å². The molecule has 10 heteroatoms. The summed E-state index contributed by atoms with van der Waals surface area (Å²) in [6, 6.07) is 0.110. The van der Waals surface area contributed by atoms with Crippen LogP contribution in [0.25, 0.3) is 0 Å². The van der Waals surface area contributed by atoms with Crippen molar-refractivity contribution < 1.29 is 8.42 Å². The van der Waals surface area contributed by atoms with Crippen LogP contribution < -0.4 is 5.32 Å². The highest BCUT2D eigenvalue weighted by molar-refractivity contribution is 14.0. The van der Waals surface area contributed by atoms with Crippen molar-refractivity contribution in [2.75, 3.05) is 46.0 Å². The molecule has 27 heavy (non-hydrogen) atoms. The zero-order chi connectivity index (χ0) is 19.5. The van der Waals surface area contributed by atoms with Gasteiger partial charge in [-0.1, -0.05) is 0 Å². The minimum absolute atomic E-state index is 0. The average molecular weight is 512 g/mol. The number of hydrogen-bond donors (Lipinski definition) is 1. The normalized spacial score (nSPS) is 20.3. The molecule has 0 saturated carbocycles. The van der Waals surface area contributed by atoms with Gasteiger partial charge in [0.15, 0.2) is 15.8 Å². The monoisotopic (exact) mass is 512 g/mol. The number of nitrogens with zero attached hydrogens (tertiary/aromatic N) is 5. The minimum Gasteiger partial charge on any atom is -0.357 e. The molecule has 1 fully saturated rings.